The van der Waals surface area contributed by atoms with Crippen LogP contribution in [0.15, 0.2) is 0 Å². The minimum Gasteiger partial charge on any atom is -0.405 e. The quantitative estimate of drug-likeness (QED) is 0.764. The van der Waals surface area contributed by atoms with Crippen molar-refractivity contribution in [2.75, 3.05) is 0 Å². The van der Waals surface area contributed by atoms with Crippen LogP contribution in [-0.4, -0.2) is 22.4 Å². The van der Waals surface area contributed by atoms with Crippen molar-refractivity contribution in [2.45, 2.75) is 76.3 Å². The van der Waals surface area contributed by atoms with Crippen molar-refractivity contribution in [1.82, 2.24) is 10.6 Å². The van der Waals surface area contributed by atoms with Crippen molar-refractivity contribution >= 4 is 34.8 Å². The van der Waals surface area contributed by atoms with Gasteiger partial charge >= 0.3 is 0 Å². The monoisotopic (exact) mass is 300 g/mol. The zero-order valence-electron chi connectivity index (χ0n) is 11.5. The van der Waals surface area contributed by atoms with Gasteiger partial charge in [0.05, 0.1) is 0 Å². The van der Waals surface area contributed by atoms with Crippen LogP contribution in [0.25, 0.3) is 0 Å². The highest BCUT2D eigenvalue weighted by molar-refractivity contribution is 7.81. The first-order valence-electron chi connectivity index (χ1n) is 7.53. The fourth-order valence-corrected chi connectivity index (χ4v) is 3.52. The van der Waals surface area contributed by atoms with Crippen molar-refractivity contribution in [1.29, 1.82) is 0 Å². The Balaban J connectivity index is 1.64. The summed E-state index contributed by atoms with van der Waals surface area (Å²) in [6, 6.07) is 0.942. The van der Waals surface area contributed by atoms with Crippen LogP contribution in [0.1, 0.15) is 64.2 Å². The zero-order valence-corrected chi connectivity index (χ0v) is 13.1. The molecular formula is C14H24N2OS2. The van der Waals surface area contributed by atoms with Crippen LogP contribution < -0.4 is 10.6 Å². The fourth-order valence-electron chi connectivity index (χ4n) is 2.97. The number of hydrogen-bond donors (Lipinski definition) is 2. The van der Waals surface area contributed by atoms with E-state index in [1.54, 1.807) is 0 Å². The number of rotatable bonds is 2. The fraction of sp³-hybridized carbons (Fsp3) is 0.857. The molecule has 2 N–H and O–H groups in total. The number of hydrogen-bond acceptors (Lipinski definition) is 3. The third kappa shape index (κ3) is 5.61. The third-order valence-corrected chi connectivity index (χ3v) is 4.44. The molecule has 0 aromatic rings. The predicted molar refractivity (Wildman–Crippen MR) is 86.3 cm³/mol. The van der Waals surface area contributed by atoms with Crippen LogP contribution in [0, 0.1) is 0 Å². The summed E-state index contributed by atoms with van der Waals surface area (Å²) in [6.45, 7) is 0. The molecule has 0 aromatic carbocycles. The van der Waals surface area contributed by atoms with Crippen LogP contribution in [0.5, 0.6) is 0 Å². The van der Waals surface area contributed by atoms with Gasteiger partial charge in [0, 0.05) is 12.1 Å². The predicted octanol–water partition coefficient (Wildman–Crippen LogP) is 3.42. The molecule has 2 rings (SSSR count). The maximum atomic E-state index is 5.50. The maximum absolute atomic E-state index is 5.50. The van der Waals surface area contributed by atoms with Crippen molar-refractivity contribution in [2.24, 2.45) is 0 Å². The second kappa shape index (κ2) is 8.00. The van der Waals surface area contributed by atoms with Crippen LogP contribution >= 0.6 is 24.4 Å². The van der Waals surface area contributed by atoms with Crippen LogP contribution in [-0.2, 0) is 4.74 Å². The Morgan fingerprint density at radius 1 is 0.684 bits per heavy atom. The van der Waals surface area contributed by atoms with Crippen molar-refractivity contribution in [3.8, 4) is 0 Å². The van der Waals surface area contributed by atoms with E-state index in [9.17, 15) is 0 Å². The molecule has 0 aliphatic heterocycles. The standard InChI is InChI=1S/C14H24N2OS2/c18-13(15-11-7-3-1-4-8-11)17-14(19)16-12-9-5-2-6-10-12/h11-12H,1-10H2,(H,15,18)(H,16,19). The lowest BCUT2D eigenvalue weighted by molar-refractivity contribution is 0.373. The van der Waals surface area contributed by atoms with Crippen LogP contribution in [0.4, 0.5) is 0 Å². The topological polar surface area (TPSA) is 33.3 Å². The lowest BCUT2D eigenvalue weighted by atomic mass is 9.96. The molecule has 3 nitrogen and oxygen atoms in total. The summed E-state index contributed by atoms with van der Waals surface area (Å²) < 4.78 is 5.50. The van der Waals surface area contributed by atoms with E-state index >= 15 is 0 Å². The van der Waals surface area contributed by atoms with E-state index in [1.807, 2.05) is 0 Å². The first kappa shape index (κ1) is 15.0. The van der Waals surface area contributed by atoms with Gasteiger partial charge in [0.15, 0.2) is 0 Å². The summed E-state index contributed by atoms with van der Waals surface area (Å²) in [5, 5.41) is 7.40. The number of nitrogens with one attached hydrogen (secondary N) is 2. The number of ether oxygens (including phenoxy) is 1. The van der Waals surface area contributed by atoms with E-state index < -0.39 is 0 Å². The Bertz CT molecular complexity index is 281. The first-order valence-corrected chi connectivity index (χ1v) is 8.34. The highest BCUT2D eigenvalue weighted by Crippen LogP contribution is 2.18. The molecule has 0 heterocycles. The number of thiocarbonyl (C=S) groups is 2. The first-order chi connectivity index (χ1) is 9.24. The van der Waals surface area contributed by atoms with Crippen molar-refractivity contribution in [3.63, 3.8) is 0 Å². The van der Waals surface area contributed by atoms with E-state index in [0.29, 0.717) is 22.4 Å². The summed E-state index contributed by atoms with van der Waals surface area (Å²) in [7, 11) is 0. The molecule has 2 fully saturated rings. The van der Waals surface area contributed by atoms with Crippen molar-refractivity contribution in [3.05, 3.63) is 0 Å². The van der Waals surface area contributed by atoms with Gasteiger partial charge in [-0.15, -0.1) is 0 Å². The molecule has 5 heteroatoms. The second-order valence-electron chi connectivity index (χ2n) is 5.64. The second-order valence-corrected chi connectivity index (χ2v) is 6.38. The maximum Gasteiger partial charge on any atom is 0.264 e. The Hall–Kier alpha value is -0.420. The van der Waals surface area contributed by atoms with E-state index in [4.69, 9.17) is 29.2 Å². The van der Waals surface area contributed by atoms with Gasteiger partial charge in [0.1, 0.15) is 0 Å². The van der Waals surface area contributed by atoms with E-state index in [2.05, 4.69) is 10.6 Å². The minimum atomic E-state index is 0.431. The van der Waals surface area contributed by atoms with E-state index in [0.717, 1.165) is 0 Å². The summed E-state index contributed by atoms with van der Waals surface area (Å²) >= 11 is 10.4. The molecule has 0 spiro atoms. The zero-order chi connectivity index (χ0) is 13.5. The minimum absolute atomic E-state index is 0.431. The Labute approximate surface area is 126 Å². The lowest BCUT2D eigenvalue weighted by Gasteiger charge is -2.26. The molecule has 0 radical (unpaired) electrons. The van der Waals surface area contributed by atoms with Gasteiger partial charge in [-0.1, -0.05) is 38.5 Å². The van der Waals surface area contributed by atoms with Crippen molar-refractivity contribution < 1.29 is 4.74 Å². The average molecular weight is 300 g/mol. The molecule has 0 aromatic heterocycles. The molecule has 0 atom stereocenters. The van der Waals surface area contributed by atoms with E-state index in [1.165, 1.54) is 64.2 Å². The molecular weight excluding hydrogens is 276 g/mol. The SMILES string of the molecule is S=C(NC1CCCCC1)OC(=S)NC1CCCCC1. The molecule has 108 valence electrons. The highest BCUT2D eigenvalue weighted by Gasteiger charge is 2.17. The Morgan fingerprint density at radius 3 is 1.42 bits per heavy atom. The van der Waals surface area contributed by atoms with Gasteiger partial charge < -0.3 is 15.4 Å². The summed E-state index contributed by atoms with van der Waals surface area (Å²) in [6.07, 6.45) is 12.6. The molecule has 0 amide bonds. The van der Waals surface area contributed by atoms with Gasteiger partial charge in [0.2, 0.25) is 0 Å². The van der Waals surface area contributed by atoms with Gasteiger partial charge in [-0.2, -0.15) is 0 Å². The molecule has 2 aliphatic carbocycles. The molecule has 0 unspecified atom stereocenters. The van der Waals surface area contributed by atoms with Crippen LogP contribution in [0.2, 0.25) is 0 Å². The molecule has 0 saturated heterocycles. The molecule has 0 bridgehead atoms. The highest BCUT2D eigenvalue weighted by atomic mass is 32.1. The lowest BCUT2D eigenvalue weighted by Crippen LogP contribution is -2.42. The largest absolute Gasteiger partial charge is 0.405 e. The summed E-state index contributed by atoms with van der Waals surface area (Å²) in [4.78, 5) is 0. The normalized spacial score (nSPS) is 21.7. The molecule has 19 heavy (non-hydrogen) atoms. The summed E-state index contributed by atoms with van der Waals surface area (Å²) in [5.74, 6) is 0. The Morgan fingerprint density at radius 2 is 1.05 bits per heavy atom. The molecule has 2 aliphatic rings. The van der Waals surface area contributed by atoms with Gasteiger partial charge in [-0.25, -0.2) is 0 Å². The van der Waals surface area contributed by atoms with Gasteiger partial charge in [-0.05, 0) is 50.1 Å². The van der Waals surface area contributed by atoms with Gasteiger partial charge in [0.25, 0.3) is 10.3 Å². The smallest absolute Gasteiger partial charge is 0.264 e. The molecule has 2 saturated carbocycles. The Kier molecular flexibility index (Phi) is 6.31. The average Bonchev–Trinajstić information content (AvgIpc) is 2.40. The summed E-state index contributed by atoms with van der Waals surface area (Å²) in [5.41, 5.74) is 0. The van der Waals surface area contributed by atoms with E-state index in [-0.39, 0.29) is 0 Å². The third-order valence-electron chi connectivity index (χ3n) is 4.04. The van der Waals surface area contributed by atoms with Crippen LogP contribution in [0.3, 0.4) is 0 Å². The van der Waals surface area contributed by atoms with Gasteiger partial charge in [-0.3, -0.25) is 0 Å².